The van der Waals surface area contributed by atoms with E-state index in [0.29, 0.717) is 30.5 Å². The summed E-state index contributed by atoms with van der Waals surface area (Å²) in [6.07, 6.45) is 3.07. The molecule has 0 unspecified atom stereocenters. The van der Waals surface area contributed by atoms with Gasteiger partial charge in [0.15, 0.2) is 0 Å². The second kappa shape index (κ2) is 9.06. The van der Waals surface area contributed by atoms with Crippen molar-refractivity contribution in [1.29, 1.82) is 0 Å². The van der Waals surface area contributed by atoms with Crippen LogP contribution >= 0.6 is 0 Å². The highest BCUT2D eigenvalue weighted by Crippen LogP contribution is 2.20. The summed E-state index contributed by atoms with van der Waals surface area (Å²) < 4.78 is 28.2. The van der Waals surface area contributed by atoms with Crippen LogP contribution in [-0.4, -0.2) is 54.1 Å². The number of sulfonamides is 1. The van der Waals surface area contributed by atoms with Crippen LogP contribution in [0.25, 0.3) is 0 Å². The molecular formula is C20H28N6O4S. The Bertz CT molecular complexity index is 1020. The summed E-state index contributed by atoms with van der Waals surface area (Å²) in [5, 5.41) is 11.5. The monoisotopic (exact) mass is 448 g/mol. The zero-order chi connectivity index (χ0) is 22.6. The highest BCUT2D eigenvalue weighted by molar-refractivity contribution is 7.89. The molecule has 10 nitrogen and oxygen atoms in total. The molecule has 1 saturated heterocycles. The second-order valence-electron chi connectivity index (χ2n) is 8.37. The minimum Gasteiger partial charge on any atom is -0.444 e. The number of piperidine rings is 1. The normalized spacial score (nSPS) is 17.2. The lowest BCUT2D eigenvalue weighted by Gasteiger charge is -2.34. The van der Waals surface area contributed by atoms with Gasteiger partial charge >= 0.3 is 6.09 Å². The van der Waals surface area contributed by atoms with E-state index in [1.807, 2.05) is 20.8 Å². The number of carbonyl (C=O) groups excluding carboxylic acids is 1. The highest BCUT2D eigenvalue weighted by atomic mass is 32.2. The van der Waals surface area contributed by atoms with Crippen LogP contribution in [0.4, 0.5) is 22.2 Å². The molecule has 0 aliphatic carbocycles. The van der Waals surface area contributed by atoms with Gasteiger partial charge in [-0.3, -0.25) is 0 Å². The zero-order valence-corrected chi connectivity index (χ0v) is 18.6. The first-order chi connectivity index (χ1) is 14.5. The van der Waals surface area contributed by atoms with Crippen molar-refractivity contribution in [1.82, 2.24) is 14.9 Å². The molecule has 1 aliphatic rings. The van der Waals surface area contributed by atoms with Crippen molar-refractivity contribution in [3.63, 3.8) is 0 Å². The molecule has 1 aromatic heterocycles. The van der Waals surface area contributed by atoms with Gasteiger partial charge in [-0.25, -0.2) is 23.3 Å². The number of benzene rings is 1. The molecule has 4 N–H and O–H groups in total. The molecule has 0 saturated carbocycles. The molecule has 168 valence electrons. The summed E-state index contributed by atoms with van der Waals surface area (Å²) in [6.45, 7) is 6.74. The Labute approximate surface area is 182 Å². The Morgan fingerprint density at radius 2 is 1.94 bits per heavy atom. The third-order valence-electron chi connectivity index (χ3n) is 4.52. The summed E-state index contributed by atoms with van der Waals surface area (Å²) in [4.78, 5) is 22.7. The molecule has 1 fully saturated rings. The van der Waals surface area contributed by atoms with Crippen LogP contribution in [0, 0.1) is 0 Å². The number of ether oxygens (including phenoxy) is 1. The number of hydrogen-bond acceptors (Lipinski definition) is 8. The molecule has 1 aromatic carbocycles. The van der Waals surface area contributed by atoms with E-state index < -0.39 is 15.6 Å². The SMILES string of the molecule is CC(C)(C)OC(=O)N1CCC[C@@H](Nc2ccnc(Nc3ccc(S(N)(=O)=O)cc3)n2)C1. The fraction of sp³-hybridized carbons (Fsp3) is 0.450. The van der Waals surface area contributed by atoms with Gasteiger partial charge in [0.25, 0.3) is 0 Å². The first-order valence-electron chi connectivity index (χ1n) is 9.97. The lowest BCUT2D eigenvalue weighted by molar-refractivity contribution is 0.0206. The first-order valence-corrected chi connectivity index (χ1v) is 11.5. The number of primary sulfonamides is 1. The molecule has 2 heterocycles. The van der Waals surface area contributed by atoms with Crippen molar-refractivity contribution in [2.45, 2.75) is 50.2 Å². The third kappa shape index (κ3) is 6.79. The molecule has 31 heavy (non-hydrogen) atoms. The Balaban J connectivity index is 1.62. The molecule has 1 atom stereocenters. The highest BCUT2D eigenvalue weighted by Gasteiger charge is 2.27. The van der Waals surface area contributed by atoms with Crippen LogP contribution in [-0.2, 0) is 14.8 Å². The van der Waals surface area contributed by atoms with E-state index in [-0.39, 0.29) is 17.0 Å². The minimum absolute atomic E-state index is 0.0289. The van der Waals surface area contributed by atoms with E-state index in [1.165, 1.54) is 12.1 Å². The van der Waals surface area contributed by atoms with Crippen LogP contribution in [0.2, 0.25) is 0 Å². The van der Waals surface area contributed by atoms with Gasteiger partial charge in [-0.05, 0) is 63.9 Å². The summed E-state index contributed by atoms with van der Waals surface area (Å²) >= 11 is 0. The summed E-state index contributed by atoms with van der Waals surface area (Å²) in [5.74, 6) is 0.975. The van der Waals surface area contributed by atoms with Crippen molar-refractivity contribution in [2.24, 2.45) is 5.14 Å². The van der Waals surface area contributed by atoms with E-state index in [0.717, 1.165) is 12.8 Å². The number of carbonyl (C=O) groups is 1. The minimum atomic E-state index is -3.74. The summed E-state index contributed by atoms with van der Waals surface area (Å²) in [6, 6.07) is 7.78. The van der Waals surface area contributed by atoms with Crippen LogP contribution < -0.4 is 15.8 Å². The largest absolute Gasteiger partial charge is 0.444 e. The standard InChI is InChI=1S/C20H28N6O4S/c1-20(2,3)30-19(27)26-12-4-5-15(13-26)23-17-10-11-22-18(25-17)24-14-6-8-16(9-7-14)31(21,28)29/h6-11,15H,4-5,12-13H2,1-3H3,(H2,21,28,29)(H2,22,23,24,25)/t15-/m1/s1. The van der Waals surface area contributed by atoms with E-state index in [1.54, 1.807) is 29.3 Å². The smallest absolute Gasteiger partial charge is 0.410 e. The number of likely N-dealkylation sites (tertiary alicyclic amines) is 1. The Hall–Kier alpha value is -2.92. The van der Waals surface area contributed by atoms with Gasteiger partial charge in [-0.15, -0.1) is 0 Å². The predicted molar refractivity (Wildman–Crippen MR) is 118 cm³/mol. The number of amides is 1. The van der Waals surface area contributed by atoms with Gasteiger partial charge in [-0.2, -0.15) is 4.98 Å². The Morgan fingerprint density at radius 1 is 1.23 bits per heavy atom. The van der Waals surface area contributed by atoms with Gasteiger partial charge in [-0.1, -0.05) is 0 Å². The van der Waals surface area contributed by atoms with Crippen LogP contribution in [0.15, 0.2) is 41.4 Å². The molecule has 0 spiro atoms. The molecule has 1 amide bonds. The Kier molecular flexibility index (Phi) is 6.65. The van der Waals surface area contributed by atoms with E-state index in [2.05, 4.69) is 20.6 Å². The number of hydrogen-bond donors (Lipinski definition) is 3. The average Bonchev–Trinajstić information content (AvgIpc) is 2.67. The van der Waals surface area contributed by atoms with Crippen molar-refractivity contribution < 1.29 is 17.9 Å². The molecule has 11 heteroatoms. The number of nitrogens with two attached hydrogens (primary N) is 1. The van der Waals surface area contributed by atoms with E-state index in [4.69, 9.17) is 9.88 Å². The van der Waals surface area contributed by atoms with Crippen molar-refractivity contribution in [2.75, 3.05) is 23.7 Å². The molecule has 1 aliphatic heterocycles. The van der Waals surface area contributed by atoms with Crippen LogP contribution in [0.1, 0.15) is 33.6 Å². The second-order valence-corrected chi connectivity index (χ2v) is 9.93. The maximum absolute atomic E-state index is 12.3. The maximum Gasteiger partial charge on any atom is 0.410 e. The quantitative estimate of drug-likeness (QED) is 0.634. The first kappa shape index (κ1) is 22.8. The van der Waals surface area contributed by atoms with Gasteiger partial charge in [0.1, 0.15) is 11.4 Å². The van der Waals surface area contributed by atoms with Crippen molar-refractivity contribution in [3.8, 4) is 0 Å². The van der Waals surface area contributed by atoms with E-state index in [9.17, 15) is 13.2 Å². The lowest BCUT2D eigenvalue weighted by Crippen LogP contribution is -2.47. The fourth-order valence-corrected chi connectivity index (χ4v) is 3.67. The third-order valence-corrected chi connectivity index (χ3v) is 5.45. The molecule has 0 bridgehead atoms. The number of nitrogens with zero attached hydrogens (tertiary/aromatic N) is 3. The van der Waals surface area contributed by atoms with Gasteiger partial charge in [0.2, 0.25) is 16.0 Å². The van der Waals surface area contributed by atoms with Gasteiger partial charge in [0, 0.05) is 31.0 Å². The van der Waals surface area contributed by atoms with Gasteiger partial charge < -0.3 is 20.3 Å². The maximum atomic E-state index is 12.3. The van der Waals surface area contributed by atoms with Crippen molar-refractivity contribution in [3.05, 3.63) is 36.5 Å². The fourth-order valence-electron chi connectivity index (χ4n) is 3.15. The predicted octanol–water partition coefficient (Wildman–Crippen LogP) is 2.68. The van der Waals surface area contributed by atoms with Crippen molar-refractivity contribution >= 4 is 33.6 Å². The molecule has 0 radical (unpaired) electrons. The average molecular weight is 449 g/mol. The molecule has 2 aromatic rings. The number of anilines is 3. The summed E-state index contributed by atoms with van der Waals surface area (Å²) in [7, 11) is -3.74. The Morgan fingerprint density at radius 3 is 2.58 bits per heavy atom. The lowest BCUT2D eigenvalue weighted by atomic mass is 10.1. The summed E-state index contributed by atoms with van der Waals surface area (Å²) in [5.41, 5.74) is 0.0929. The topological polar surface area (TPSA) is 140 Å². The van der Waals surface area contributed by atoms with Crippen LogP contribution in [0.5, 0.6) is 0 Å². The van der Waals surface area contributed by atoms with Gasteiger partial charge in [0.05, 0.1) is 4.90 Å². The number of rotatable bonds is 5. The van der Waals surface area contributed by atoms with Crippen LogP contribution in [0.3, 0.4) is 0 Å². The van der Waals surface area contributed by atoms with E-state index >= 15 is 0 Å². The number of nitrogens with one attached hydrogen (secondary N) is 2. The molecule has 3 rings (SSSR count). The number of aromatic nitrogens is 2. The molecular weight excluding hydrogens is 420 g/mol. The zero-order valence-electron chi connectivity index (χ0n) is 17.8.